The summed E-state index contributed by atoms with van der Waals surface area (Å²) in [6, 6.07) is 5.91. The van der Waals surface area contributed by atoms with E-state index in [1.54, 1.807) is 6.08 Å². The second-order valence-corrected chi connectivity index (χ2v) is 11.2. The average molecular weight is 549 g/mol. The minimum absolute atomic E-state index is 0.0597. The molecule has 2 aromatic rings. The summed E-state index contributed by atoms with van der Waals surface area (Å²) in [4.78, 5) is 55.2. The van der Waals surface area contributed by atoms with E-state index in [-0.39, 0.29) is 18.3 Å². The molecule has 0 saturated heterocycles. The molecule has 5 heterocycles. The smallest absolute Gasteiger partial charge is 0.303 e. The topological polar surface area (TPSA) is 129 Å². The lowest BCUT2D eigenvalue weighted by Crippen LogP contribution is -2.13. The molecule has 3 aliphatic heterocycles. The van der Waals surface area contributed by atoms with Crippen molar-refractivity contribution >= 4 is 50.9 Å². The number of fused-ring (bicyclic) bond motifs is 8. The Hall–Kier alpha value is -4.59. The SMILES string of the molecule is C=CC1=C(C)c2cc3[nH]c(c4c5[nH]c(cc6nc(cc1n2)C(C)=C6CC)c(C)c5C(=O)C4=O)[C@@H](CCC(=O)O)[C@@H]3C. The first-order valence-corrected chi connectivity index (χ1v) is 14.0. The zero-order chi connectivity index (χ0) is 29.3. The number of nitrogens with one attached hydrogen (secondary N) is 2. The number of allylic oxidation sites excluding steroid dienone is 5. The van der Waals surface area contributed by atoms with Crippen LogP contribution in [-0.4, -0.2) is 42.6 Å². The lowest BCUT2D eigenvalue weighted by atomic mass is 9.85. The largest absolute Gasteiger partial charge is 0.481 e. The van der Waals surface area contributed by atoms with Crippen LogP contribution in [0.2, 0.25) is 0 Å². The third-order valence-corrected chi connectivity index (χ3v) is 8.98. The van der Waals surface area contributed by atoms with Crippen molar-refractivity contribution in [2.24, 2.45) is 0 Å². The van der Waals surface area contributed by atoms with Crippen molar-refractivity contribution in [2.45, 2.75) is 65.7 Å². The summed E-state index contributed by atoms with van der Waals surface area (Å²) in [6.07, 6.45) is 2.84. The van der Waals surface area contributed by atoms with E-state index < -0.39 is 17.5 Å². The van der Waals surface area contributed by atoms with Gasteiger partial charge in [-0.2, -0.15) is 0 Å². The first-order chi connectivity index (χ1) is 19.5. The Balaban J connectivity index is 1.78. The first kappa shape index (κ1) is 26.6. The summed E-state index contributed by atoms with van der Waals surface area (Å²) in [5.74, 6) is -2.47. The number of Topliss-reactive ketones (excluding diaryl/α,β-unsaturated/α-hetero) is 2. The Morgan fingerprint density at radius 3 is 2.34 bits per heavy atom. The molecule has 2 atom stereocenters. The number of aliphatic carboxylic acids is 1. The van der Waals surface area contributed by atoms with Crippen molar-refractivity contribution in [3.63, 3.8) is 0 Å². The van der Waals surface area contributed by atoms with Gasteiger partial charge in [-0.15, -0.1) is 0 Å². The molecule has 3 N–H and O–H groups in total. The molecule has 0 unspecified atom stereocenters. The quantitative estimate of drug-likeness (QED) is 0.347. The van der Waals surface area contributed by atoms with Crippen LogP contribution in [0.5, 0.6) is 0 Å². The van der Waals surface area contributed by atoms with Gasteiger partial charge in [-0.1, -0.05) is 26.5 Å². The molecule has 6 rings (SSSR count). The normalized spacial score (nSPS) is 18.9. The Kier molecular flexibility index (Phi) is 6.17. The molecule has 0 spiro atoms. The molecule has 0 radical (unpaired) electrons. The minimum atomic E-state index is -0.910. The Morgan fingerprint density at radius 2 is 1.66 bits per heavy atom. The summed E-state index contributed by atoms with van der Waals surface area (Å²) in [7, 11) is 0. The standard InChI is InChI=1S/C33H32N4O4/c1-7-18-14(3)21-11-23-16(5)20(9-10-27(38)39)30(36-23)29-31-28(32(40)33(29)41)17(6)24(37-31)13-26-19(8-2)15(4)22(35-26)12-25(18)34-21/h7,11-13,16,20,36-37H,1,8-10H2,2-6H3,(H,38,39)/t16-,20-/m0/s1. The van der Waals surface area contributed by atoms with Crippen LogP contribution in [-0.2, 0) is 4.79 Å². The summed E-state index contributed by atoms with van der Waals surface area (Å²) in [6.45, 7) is 14.0. The van der Waals surface area contributed by atoms with Gasteiger partial charge in [0, 0.05) is 40.7 Å². The number of H-pyrrole nitrogens is 2. The van der Waals surface area contributed by atoms with Crippen LogP contribution in [0.1, 0.15) is 119 Å². The molecule has 2 aromatic heterocycles. The highest BCUT2D eigenvalue weighted by atomic mass is 16.4. The third-order valence-electron chi connectivity index (χ3n) is 8.98. The second kappa shape index (κ2) is 9.51. The number of aromatic amines is 2. The zero-order valence-corrected chi connectivity index (χ0v) is 23.9. The van der Waals surface area contributed by atoms with Gasteiger partial charge in [0.1, 0.15) is 0 Å². The van der Waals surface area contributed by atoms with Crippen LogP contribution >= 0.6 is 0 Å². The van der Waals surface area contributed by atoms with Crippen LogP contribution in [0.4, 0.5) is 0 Å². The van der Waals surface area contributed by atoms with E-state index in [2.05, 4.69) is 30.4 Å². The number of aryl methyl sites for hydroxylation is 1. The van der Waals surface area contributed by atoms with Gasteiger partial charge in [-0.3, -0.25) is 14.4 Å². The Labute approximate surface area is 237 Å². The van der Waals surface area contributed by atoms with Gasteiger partial charge >= 0.3 is 5.97 Å². The lowest BCUT2D eigenvalue weighted by molar-refractivity contribution is -0.137. The van der Waals surface area contributed by atoms with Gasteiger partial charge in [0.15, 0.2) is 0 Å². The molecule has 0 aromatic carbocycles. The zero-order valence-electron chi connectivity index (χ0n) is 23.9. The summed E-state index contributed by atoms with van der Waals surface area (Å²) in [5.41, 5.74) is 11.2. The number of ketones is 2. The van der Waals surface area contributed by atoms with Gasteiger partial charge in [0.25, 0.3) is 0 Å². The molecule has 0 amide bonds. The Morgan fingerprint density at radius 1 is 0.976 bits per heavy atom. The number of rotatable bonds is 5. The predicted molar refractivity (Wildman–Crippen MR) is 159 cm³/mol. The van der Waals surface area contributed by atoms with Crippen LogP contribution in [0, 0.1) is 6.92 Å². The van der Waals surface area contributed by atoms with Crippen LogP contribution < -0.4 is 0 Å². The highest BCUT2D eigenvalue weighted by Gasteiger charge is 2.40. The molecule has 0 fully saturated rings. The molecule has 0 saturated carbocycles. The van der Waals surface area contributed by atoms with Crippen LogP contribution in [0.3, 0.4) is 0 Å². The van der Waals surface area contributed by atoms with Crippen molar-refractivity contribution < 1.29 is 19.5 Å². The van der Waals surface area contributed by atoms with Crippen molar-refractivity contribution in [2.75, 3.05) is 0 Å². The van der Waals surface area contributed by atoms with E-state index in [1.807, 2.05) is 39.0 Å². The molecule has 8 bridgehead atoms. The summed E-state index contributed by atoms with van der Waals surface area (Å²) < 4.78 is 0. The van der Waals surface area contributed by atoms with Gasteiger partial charge in [-0.05, 0) is 74.1 Å². The van der Waals surface area contributed by atoms with E-state index >= 15 is 0 Å². The number of carboxylic acids is 1. The van der Waals surface area contributed by atoms with Gasteiger partial charge in [0.05, 0.1) is 39.4 Å². The fraction of sp³-hybridized carbons (Fsp3) is 0.303. The fourth-order valence-corrected chi connectivity index (χ4v) is 6.60. The first-order valence-electron chi connectivity index (χ1n) is 14.0. The number of carboxylic acid groups (broad SMARTS) is 1. The van der Waals surface area contributed by atoms with E-state index in [1.165, 1.54) is 0 Å². The van der Waals surface area contributed by atoms with Crippen molar-refractivity contribution in [3.8, 4) is 0 Å². The monoisotopic (exact) mass is 548 g/mol. The van der Waals surface area contributed by atoms with Crippen molar-refractivity contribution in [1.29, 1.82) is 0 Å². The van der Waals surface area contributed by atoms with Crippen molar-refractivity contribution in [3.05, 3.63) is 81.7 Å². The maximum absolute atomic E-state index is 13.5. The number of nitrogens with zero attached hydrogens (tertiary/aromatic N) is 2. The van der Waals surface area contributed by atoms with E-state index in [0.29, 0.717) is 34.3 Å². The van der Waals surface area contributed by atoms with Gasteiger partial charge in [0.2, 0.25) is 11.6 Å². The van der Waals surface area contributed by atoms with E-state index in [0.717, 1.165) is 62.7 Å². The average Bonchev–Trinajstić information content (AvgIpc) is 3.65. The number of aromatic nitrogens is 4. The van der Waals surface area contributed by atoms with Gasteiger partial charge in [-0.25, -0.2) is 9.97 Å². The minimum Gasteiger partial charge on any atom is -0.481 e. The van der Waals surface area contributed by atoms with Crippen LogP contribution in [0.25, 0.3) is 33.3 Å². The predicted octanol–water partition coefficient (Wildman–Crippen LogP) is 6.93. The molecule has 8 nitrogen and oxygen atoms in total. The maximum Gasteiger partial charge on any atom is 0.303 e. The maximum atomic E-state index is 13.5. The second-order valence-electron chi connectivity index (χ2n) is 11.2. The van der Waals surface area contributed by atoms with Crippen LogP contribution in [0.15, 0.2) is 30.9 Å². The number of hydrogen-bond donors (Lipinski definition) is 3. The highest BCUT2D eigenvalue weighted by Crippen LogP contribution is 2.45. The number of hydrogen-bond acceptors (Lipinski definition) is 5. The fourth-order valence-electron chi connectivity index (χ4n) is 6.60. The van der Waals surface area contributed by atoms with Crippen molar-refractivity contribution in [1.82, 2.24) is 19.9 Å². The molecule has 41 heavy (non-hydrogen) atoms. The molecule has 208 valence electrons. The lowest BCUT2D eigenvalue weighted by Gasteiger charge is -2.16. The summed E-state index contributed by atoms with van der Waals surface area (Å²) >= 11 is 0. The molecule has 4 aliphatic rings. The Bertz CT molecular complexity index is 1860. The van der Waals surface area contributed by atoms with E-state index in [9.17, 15) is 19.5 Å². The summed E-state index contributed by atoms with van der Waals surface area (Å²) in [5, 5.41) is 9.48. The van der Waals surface area contributed by atoms with Gasteiger partial charge < -0.3 is 15.1 Å². The molecule has 1 aliphatic carbocycles. The molecular formula is C33H32N4O4. The van der Waals surface area contributed by atoms with E-state index in [4.69, 9.17) is 9.97 Å². The third kappa shape index (κ3) is 3.92. The number of carbonyl (C=O) groups excluding carboxylic acids is 2. The highest BCUT2D eigenvalue weighted by molar-refractivity contribution is 6.56. The number of carbonyl (C=O) groups is 3. The molecule has 8 heteroatoms. The molecular weight excluding hydrogens is 516 g/mol.